The van der Waals surface area contributed by atoms with Crippen molar-refractivity contribution in [1.29, 1.82) is 0 Å². The van der Waals surface area contributed by atoms with E-state index in [-0.39, 0.29) is 30.7 Å². The predicted octanol–water partition coefficient (Wildman–Crippen LogP) is 2.47. The normalized spacial score (nSPS) is 25.9. The van der Waals surface area contributed by atoms with Gasteiger partial charge in [0.05, 0.1) is 5.92 Å². The fourth-order valence-electron chi connectivity index (χ4n) is 2.42. The van der Waals surface area contributed by atoms with E-state index in [2.05, 4.69) is 10.6 Å². The van der Waals surface area contributed by atoms with Crippen molar-refractivity contribution in [2.45, 2.75) is 51.7 Å². The summed E-state index contributed by atoms with van der Waals surface area (Å²) < 4.78 is 38.0. The van der Waals surface area contributed by atoms with Crippen LogP contribution in [0.4, 0.5) is 13.2 Å². The molecule has 1 aliphatic carbocycles. The Balaban J connectivity index is 2.42. The van der Waals surface area contributed by atoms with E-state index in [0.717, 1.165) is 6.54 Å². The highest BCUT2D eigenvalue weighted by atomic mass is 19.4. The zero-order chi connectivity index (χ0) is 14.5. The first-order chi connectivity index (χ1) is 8.84. The van der Waals surface area contributed by atoms with E-state index in [1.165, 1.54) is 0 Å². The molecule has 0 radical (unpaired) electrons. The molecule has 0 saturated heterocycles. The second kappa shape index (κ2) is 7.12. The maximum atomic E-state index is 12.7. The Kier molecular flexibility index (Phi) is 6.10. The van der Waals surface area contributed by atoms with E-state index in [1.807, 2.05) is 6.92 Å². The molecule has 1 amide bonds. The molecule has 0 spiro atoms. The van der Waals surface area contributed by atoms with Gasteiger partial charge in [0.15, 0.2) is 0 Å². The fraction of sp³-hybridized carbons (Fsp3) is 0.923. The molecule has 6 heteroatoms. The van der Waals surface area contributed by atoms with Crippen LogP contribution in [0, 0.1) is 11.8 Å². The molecule has 1 saturated carbocycles. The summed E-state index contributed by atoms with van der Waals surface area (Å²) in [6.45, 7) is 5.05. The highest BCUT2D eigenvalue weighted by molar-refractivity contribution is 5.78. The van der Waals surface area contributed by atoms with Gasteiger partial charge in [-0.15, -0.1) is 0 Å². The van der Waals surface area contributed by atoms with E-state index >= 15 is 0 Å². The molecular formula is C13H23F3N2O. The maximum Gasteiger partial charge on any atom is 0.391 e. The molecule has 0 bridgehead atoms. The van der Waals surface area contributed by atoms with Crippen LogP contribution in [0.1, 0.15) is 39.5 Å². The molecule has 0 heterocycles. The van der Waals surface area contributed by atoms with Crippen molar-refractivity contribution >= 4 is 5.91 Å². The second-order valence-electron chi connectivity index (χ2n) is 5.32. The van der Waals surface area contributed by atoms with Crippen molar-refractivity contribution in [2.24, 2.45) is 11.8 Å². The van der Waals surface area contributed by atoms with E-state index in [1.54, 1.807) is 6.92 Å². The lowest BCUT2D eigenvalue weighted by Crippen LogP contribution is -2.45. The van der Waals surface area contributed by atoms with E-state index in [9.17, 15) is 18.0 Å². The second-order valence-corrected chi connectivity index (χ2v) is 5.32. The Hall–Kier alpha value is -0.780. The third-order valence-electron chi connectivity index (χ3n) is 3.63. The monoisotopic (exact) mass is 280 g/mol. The van der Waals surface area contributed by atoms with Crippen LogP contribution < -0.4 is 10.6 Å². The number of alkyl halides is 3. The minimum atomic E-state index is -4.14. The van der Waals surface area contributed by atoms with Gasteiger partial charge in [-0.25, -0.2) is 0 Å². The topological polar surface area (TPSA) is 41.1 Å². The van der Waals surface area contributed by atoms with Gasteiger partial charge in [0.1, 0.15) is 0 Å². The Morgan fingerprint density at radius 2 is 2.05 bits per heavy atom. The molecule has 2 N–H and O–H groups in total. The highest BCUT2D eigenvalue weighted by Gasteiger charge is 2.42. The molecular weight excluding hydrogens is 257 g/mol. The summed E-state index contributed by atoms with van der Waals surface area (Å²) in [7, 11) is 0. The molecule has 3 nitrogen and oxygen atoms in total. The lowest BCUT2D eigenvalue weighted by molar-refractivity contribution is -0.184. The minimum Gasteiger partial charge on any atom is -0.353 e. The standard InChI is InChI=1S/C13H23F3N2O/c1-3-17-8-9(2)12(19)18-11-6-4-5-10(7-11)13(14,15)16/h9-11,17H,3-8H2,1-2H3,(H,18,19). The van der Waals surface area contributed by atoms with Crippen LogP contribution >= 0.6 is 0 Å². The smallest absolute Gasteiger partial charge is 0.353 e. The van der Waals surface area contributed by atoms with E-state index in [0.29, 0.717) is 19.4 Å². The molecule has 0 aromatic heterocycles. The van der Waals surface area contributed by atoms with Gasteiger partial charge >= 0.3 is 6.18 Å². The molecule has 0 aromatic rings. The Morgan fingerprint density at radius 1 is 1.37 bits per heavy atom. The van der Waals surface area contributed by atoms with Crippen LogP contribution in [0.3, 0.4) is 0 Å². The molecule has 0 aromatic carbocycles. The Labute approximate surface area is 112 Å². The van der Waals surface area contributed by atoms with Crippen LogP contribution in [-0.4, -0.2) is 31.2 Å². The molecule has 112 valence electrons. The first-order valence-corrected chi connectivity index (χ1v) is 6.92. The zero-order valence-corrected chi connectivity index (χ0v) is 11.5. The van der Waals surface area contributed by atoms with Gasteiger partial charge in [-0.2, -0.15) is 13.2 Å². The number of carbonyl (C=O) groups excluding carboxylic acids is 1. The summed E-state index contributed by atoms with van der Waals surface area (Å²) in [5, 5.41) is 5.81. The van der Waals surface area contributed by atoms with Crippen LogP contribution in [0.25, 0.3) is 0 Å². The first kappa shape index (κ1) is 16.3. The van der Waals surface area contributed by atoms with Crippen LogP contribution in [0.5, 0.6) is 0 Å². The van der Waals surface area contributed by atoms with Crippen LogP contribution in [-0.2, 0) is 4.79 Å². The number of carbonyl (C=O) groups is 1. The fourth-order valence-corrected chi connectivity index (χ4v) is 2.42. The molecule has 1 aliphatic rings. The first-order valence-electron chi connectivity index (χ1n) is 6.92. The number of hydrogen-bond acceptors (Lipinski definition) is 2. The quantitative estimate of drug-likeness (QED) is 0.812. The number of hydrogen-bond donors (Lipinski definition) is 2. The van der Waals surface area contributed by atoms with Crippen molar-refractivity contribution in [3.63, 3.8) is 0 Å². The highest BCUT2D eigenvalue weighted by Crippen LogP contribution is 2.37. The van der Waals surface area contributed by atoms with Gasteiger partial charge in [-0.1, -0.05) is 20.3 Å². The summed E-state index contributed by atoms with van der Waals surface area (Å²) in [4.78, 5) is 11.8. The summed E-state index contributed by atoms with van der Waals surface area (Å²) >= 11 is 0. The number of rotatable bonds is 5. The molecule has 19 heavy (non-hydrogen) atoms. The average molecular weight is 280 g/mol. The number of halogens is 3. The van der Waals surface area contributed by atoms with E-state index < -0.39 is 12.1 Å². The van der Waals surface area contributed by atoms with Gasteiger partial charge in [0.2, 0.25) is 5.91 Å². The SMILES string of the molecule is CCNCC(C)C(=O)NC1CCCC(C(F)(F)F)C1. The van der Waals surface area contributed by atoms with Gasteiger partial charge < -0.3 is 10.6 Å². The van der Waals surface area contributed by atoms with Crippen molar-refractivity contribution in [3.8, 4) is 0 Å². The van der Waals surface area contributed by atoms with Crippen LogP contribution in [0.15, 0.2) is 0 Å². The summed E-state index contributed by atoms with van der Waals surface area (Å²) in [5.74, 6) is -1.64. The molecule has 3 atom stereocenters. The average Bonchev–Trinajstić information content (AvgIpc) is 2.35. The third kappa shape index (κ3) is 5.38. The largest absolute Gasteiger partial charge is 0.391 e. The number of amides is 1. The van der Waals surface area contributed by atoms with Crippen molar-refractivity contribution in [3.05, 3.63) is 0 Å². The van der Waals surface area contributed by atoms with Gasteiger partial charge in [-0.05, 0) is 25.8 Å². The van der Waals surface area contributed by atoms with Gasteiger partial charge in [-0.3, -0.25) is 4.79 Å². The zero-order valence-electron chi connectivity index (χ0n) is 11.5. The molecule has 3 unspecified atom stereocenters. The predicted molar refractivity (Wildman–Crippen MR) is 67.7 cm³/mol. The molecule has 0 aliphatic heterocycles. The lowest BCUT2D eigenvalue weighted by atomic mass is 9.85. The van der Waals surface area contributed by atoms with Crippen molar-refractivity contribution < 1.29 is 18.0 Å². The number of nitrogens with one attached hydrogen (secondary N) is 2. The molecule has 1 rings (SSSR count). The lowest BCUT2D eigenvalue weighted by Gasteiger charge is -2.31. The third-order valence-corrected chi connectivity index (χ3v) is 3.63. The van der Waals surface area contributed by atoms with Gasteiger partial charge in [0, 0.05) is 18.5 Å². The van der Waals surface area contributed by atoms with Crippen molar-refractivity contribution in [2.75, 3.05) is 13.1 Å². The minimum absolute atomic E-state index is 0.0170. The van der Waals surface area contributed by atoms with Crippen LogP contribution in [0.2, 0.25) is 0 Å². The summed E-state index contributed by atoms with van der Waals surface area (Å²) in [6, 6.07) is -0.336. The summed E-state index contributed by atoms with van der Waals surface area (Å²) in [6.07, 6.45) is -2.77. The maximum absolute atomic E-state index is 12.7. The van der Waals surface area contributed by atoms with E-state index in [4.69, 9.17) is 0 Å². The molecule has 1 fully saturated rings. The van der Waals surface area contributed by atoms with Crippen molar-refractivity contribution in [1.82, 2.24) is 10.6 Å². The van der Waals surface area contributed by atoms with Gasteiger partial charge in [0.25, 0.3) is 0 Å². The Bertz CT molecular complexity index is 294. The summed E-state index contributed by atoms with van der Waals surface area (Å²) in [5.41, 5.74) is 0. The Morgan fingerprint density at radius 3 is 2.63 bits per heavy atom.